The Hall–Kier alpha value is -4.56. The van der Waals surface area contributed by atoms with Gasteiger partial charge in [0.2, 0.25) is 5.91 Å². The average molecular weight is 519 g/mol. The summed E-state index contributed by atoms with van der Waals surface area (Å²) in [6, 6.07) is 24.3. The normalized spacial score (nSPS) is 14.6. The van der Waals surface area contributed by atoms with Crippen molar-refractivity contribution in [3.8, 4) is 17.1 Å². The number of anilines is 3. The number of aryl methyl sites for hydroxylation is 1. The molecule has 8 nitrogen and oxygen atoms in total. The Morgan fingerprint density at radius 3 is 2.56 bits per heavy atom. The Morgan fingerprint density at radius 2 is 1.79 bits per heavy atom. The van der Waals surface area contributed by atoms with Crippen LogP contribution in [0.25, 0.3) is 28.1 Å². The highest BCUT2D eigenvalue weighted by atomic mass is 16.5. The standard InChI is InChI=1S/C31H30N6O2/c1-20-25(7-5-15-32-20)35-27-18-29-31(19-28(27)34-23-13-16-39-17-14-23)37(30-8-4-3-6-26(30)36-29)24-11-9-22(10-12-24)33-21(2)38/h3-12,15,18-19,23,35H,13-14,16-17H2,1-2H3,(H,33,38)/b34-28+. The number of benzene rings is 3. The molecule has 6 rings (SSSR count). The molecule has 3 aromatic rings. The lowest BCUT2D eigenvalue weighted by atomic mass is 10.1. The molecule has 0 unspecified atom stereocenters. The van der Waals surface area contributed by atoms with Crippen molar-refractivity contribution in [2.45, 2.75) is 32.7 Å². The lowest BCUT2D eigenvalue weighted by Crippen LogP contribution is -2.23. The van der Waals surface area contributed by atoms with Gasteiger partial charge in [-0.1, -0.05) is 12.1 Å². The van der Waals surface area contributed by atoms with E-state index in [1.54, 1.807) is 6.20 Å². The predicted molar refractivity (Wildman–Crippen MR) is 154 cm³/mol. The fourth-order valence-corrected chi connectivity index (χ4v) is 5.00. The number of fused-ring (bicyclic) bond motifs is 2. The van der Waals surface area contributed by atoms with E-state index >= 15 is 0 Å². The molecular formula is C31H30N6O2. The van der Waals surface area contributed by atoms with Crippen molar-refractivity contribution < 1.29 is 9.53 Å². The molecule has 1 amide bonds. The van der Waals surface area contributed by atoms with Crippen LogP contribution in [0.4, 0.5) is 17.1 Å². The van der Waals surface area contributed by atoms with E-state index in [1.165, 1.54) is 6.92 Å². The Labute approximate surface area is 226 Å². The first-order chi connectivity index (χ1) is 19.0. The van der Waals surface area contributed by atoms with E-state index in [0.717, 1.165) is 82.3 Å². The summed E-state index contributed by atoms with van der Waals surface area (Å²) in [6.45, 7) is 4.94. The van der Waals surface area contributed by atoms with Gasteiger partial charge in [-0.3, -0.25) is 14.8 Å². The molecule has 3 heterocycles. The highest BCUT2D eigenvalue weighted by Crippen LogP contribution is 2.31. The maximum Gasteiger partial charge on any atom is 0.221 e. The van der Waals surface area contributed by atoms with Crippen molar-refractivity contribution in [2.75, 3.05) is 23.8 Å². The number of hydrogen-bond acceptors (Lipinski definition) is 6. The number of pyridine rings is 1. The van der Waals surface area contributed by atoms with Gasteiger partial charge in [-0.05, 0) is 80.4 Å². The number of nitrogens with one attached hydrogen (secondary N) is 2. The number of ether oxygens (including phenoxy) is 1. The van der Waals surface area contributed by atoms with Gasteiger partial charge in [-0.2, -0.15) is 0 Å². The van der Waals surface area contributed by atoms with Gasteiger partial charge < -0.3 is 19.9 Å². The van der Waals surface area contributed by atoms with E-state index in [0.29, 0.717) is 0 Å². The molecule has 196 valence electrons. The largest absolute Gasteiger partial charge is 0.381 e. The minimum atomic E-state index is -0.0986. The molecule has 2 N–H and O–H groups in total. The van der Waals surface area contributed by atoms with Crippen molar-refractivity contribution >= 4 is 34.0 Å². The molecule has 2 aliphatic heterocycles. The zero-order chi connectivity index (χ0) is 26.8. The summed E-state index contributed by atoms with van der Waals surface area (Å²) in [4.78, 5) is 26.2. The Kier molecular flexibility index (Phi) is 6.77. The Balaban J connectivity index is 1.58. The van der Waals surface area contributed by atoms with E-state index in [9.17, 15) is 4.79 Å². The maximum absolute atomic E-state index is 11.5. The fourth-order valence-electron chi connectivity index (χ4n) is 5.00. The molecule has 0 spiro atoms. The van der Waals surface area contributed by atoms with E-state index in [2.05, 4.69) is 38.4 Å². The van der Waals surface area contributed by atoms with Gasteiger partial charge in [0.05, 0.1) is 50.9 Å². The third-order valence-corrected chi connectivity index (χ3v) is 6.93. The van der Waals surface area contributed by atoms with Crippen LogP contribution in [-0.2, 0) is 9.53 Å². The van der Waals surface area contributed by atoms with Crippen LogP contribution >= 0.6 is 0 Å². The molecule has 0 bridgehead atoms. The number of aromatic nitrogens is 3. The lowest BCUT2D eigenvalue weighted by Gasteiger charge is -2.22. The summed E-state index contributed by atoms with van der Waals surface area (Å²) >= 11 is 0. The SMILES string of the molecule is CC(=O)Nc1ccc(-n2c3c/c(=N\C4CCOCC4)c(Nc4cccnc4C)cc-3nc3ccccc32)cc1. The summed E-state index contributed by atoms with van der Waals surface area (Å²) < 4.78 is 7.79. The van der Waals surface area contributed by atoms with Crippen molar-refractivity contribution in [1.82, 2.24) is 14.5 Å². The first-order valence-electron chi connectivity index (χ1n) is 13.2. The molecule has 8 heteroatoms. The van der Waals surface area contributed by atoms with E-state index in [-0.39, 0.29) is 11.9 Å². The predicted octanol–water partition coefficient (Wildman–Crippen LogP) is 5.62. The molecule has 39 heavy (non-hydrogen) atoms. The smallest absolute Gasteiger partial charge is 0.221 e. The van der Waals surface area contributed by atoms with Gasteiger partial charge in [-0.15, -0.1) is 0 Å². The van der Waals surface area contributed by atoms with Crippen LogP contribution in [0.3, 0.4) is 0 Å². The minimum absolute atomic E-state index is 0.0986. The monoisotopic (exact) mass is 518 g/mol. The van der Waals surface area contributed by atoms with E-state index in [1.807, 2.05) is 61.5 Å². The van der Waals surface area contributed by atoms with Crippen LogP contribution in [-0.4, -0.2) is 39.7 Å². The number of carbonyl (C=O) groups excluding carboxylic acids is 1. The molecule has 1 aliphatic carbocycles. The number of hydrogen-bond donors (Lipinski definition) is 2. The van der Waals surface area contributed by atoms with Gasteiger partial charge in [0.1, 0.15) is 0 Å². The summed E-state index contributed by atoms with van der Waals surface area (Å²) in [6.07, 6.45) is 3.58. The van der Waals surface area contributed by atoms with E-state index < -0.39 is 0 Å². The van der Waals surface area contributed by atoms with Gasteiger partial charge in [0.25, 0.3) is 0 Å². The molecule has 1 fully saturated rings. The molecule has 0 atom stereocenters. The number of carbonyl (C=O) groups is 1. The highest BCUT2D eigenvalue weighted by Gasteiger charge is 2.19. The Bertz CT molecular complexity index is 1690. The molecule has 3 aliphatic rings. The molecule has 0 radical (unpaired) electrons. The third kappa shape index (κ3) is 5.24. The zero-order valence-electron chi connectivity index (χ0n) is 22.0. The lowest BCUT2D eigenvalue weighted by molar-refractivity contribution is -0.114. The summed E-state index contributed by atoms with van der Waals surface area (Å²) in [5, 5.41) is 7.30. The van der Waals surface area contributed by atoms with Gasteiger partial charge >= 0.3 is 0 Å². The second-order valence-corrected chi connectivity index (χ2v) is 9.76. The van der Waals surface area contributed by atoms with Gasteiger partial charge in [0, 0.05) is 37.7 Å². The molecule has 1 saturated heterocycles. The quantitative estimate of drug-likeness (QED) is 0.295. The number of nitrogens with zero attached hydrogens (tertiary/aromatic N) is 4. The summed E-state index contributed by atoms with van der Waals surface area (Å²) in [5.41, 5.74) is 8.11. The second kappa shape index (κ2) is 10.7. The van der Waals surface area contributed by atoms with Gasteiger partial charge in [-0.25, -0.2) is 4.98 Å². The summed E-state index contributed by atoms with van der Waals surface area (Å²) in [5.74, 6) is -0.0986. The van der Waals surface area contributed by atoms with Crippen LogP contribution in [0.1, 0.15) is 25.5 Å². The van der Waals surface area contributed by atoms with Crippen LogP contribution < -0.4 is 16.0 Å². The van der Waals surface area contributed by atoms with Crippen LogP contribution in [0.15, 0.2) is 84.0 Å². The topological polar surface area (TPSA) is 93.4 Å². The molecule has 1 aromatic heterocycles. The van der Waals surface area contributed by atoms with Crippen molar-refractivity contribution in [2.24, 2.45) is 4.99 Å². The number of para-hydroxylation sites is 2. The van der Waals surface area contributed by atoms with Crippen molar-refractivity contribution in [3.63, 3.8) is 0 Å². The minimum Gasteiger partial charge on any atom is -0.381 e. The van der Waals surface area contributed by atoms with Gasteiger partial charge in [0.15, 0.2) is 0 Å². The number of amides is 1. The van der Waals surface area contributed by atoms with Crippen molar-refractivity contribution in [1.29, 1.82) is 0 Å². The first kappa shape index (κ1) is 24.8. The Morgan fingerprint density at radius 1 is 1.00 bits per heavy atom. The third-order valence-electron chi connectivity index (χ3n) is 6.93. The van der Waals surface area contributed by atoms with Crippen LogP contribution in [0.2, 0.25) is 0 Å². The van der Waals surface area contributed by atoms with Crippen molar-refractivity contribution in [3.05, 3.63) is 90.0 Å². The fraction of sp³-hybridized carbons (Fsp3) is 0.226. The molecule has 2 aromatic carbocycles. The maximum atomic E-state index is 11.5. The van der Waals surface area contributed by atoms with E-state index in [4.69, 9.17) is 14.7 Å². The summed E-state index contributed by atoms with van der Waals surface area (Å²) in [7, 11) is 0. The average Bonchev–Trinajstić information content (AvgIpc) is 2.94. The zero-order valence-corrected chi connectivity index (χ0v) is 22.0. The van der Waals surface area contributed by atoms with Crippen LogP contribution in [0.5, 0.6) is 0 Å². The van der Waals surface area contributed by atoms with Crippen LogP contribution in [0, 0.1) is 6.92 Å². The highest BCUT2D eigenvalue weighted by molar-refractivity contribution is 5.89. The number of rotatable bonds is 5. The second-order valence-electron chi connectivity index (χ2n) is 9.76. The molecule has 0 saturated carbocycles. The first-order valence-corrected chi connectivity index (χ1v) is 13.2. The molecular weight excluding hydrogens is 488 g/mol.